The predicted octanol–water partition coefficient (Wildman–Crippen LogP) is 3.02. The number of rotatable bonds is 3. The van der Waals surface area contributed by atoms with Gasteiger partial charge < -0.3 is 11.1 Å². The standard InChI is InChI=1S/C14H17N3S/c1-9-16-14(8-18-9)10-3-2-4-12(5-10)17-13-6-11(15)7-13/h2-5,8,11,13,17H,6-7,15H2,1H3. The summed E-state index contributed by atoms with van der Waals surface area (Å²) < 4.78 is 0. The molecule has 2 aromatic rings. The van der Waals surface area contributed by atoms with Gasteiger partial charge in [-0.05, 0) is 31.9 Å². The molecule has 3 N–H and O–H groups in total. The fourth-order valence-electron chi connectivity index (χ4n) is 2.28. The zero-order valence-electron chi connectivity index (χ0n) is 10.4. The second-order valence-electron chi connectivity index (χ2n) is 4.91. The molecule has 94 valence electrons. The Morgan fingerprint density at radius 1 is 1.39 bits per heavy atom. The van der Waals surface area contributed by atoms with E-state index in [1.54, 1.807) is 11.3 Å². The lowest BCUT2D eigenvalue weighted by molar-refractivity contribution is 0.374. The number of nitrogens with one attached hydrogen (secondary N) is 1. The summed E-state index contributed by atoms with van der Waals surface area (Å²) in [5.74, 6) is 0. The van der Waals surface area contributed by atoms with Crippen molar-refractivity contribution in [2.24, 2.45) is 5.73 Å². The molecule has 1 aromatic carbocycles. The van der Waals surface area contributed by atoms with Gasteiger partial charge in [0, 0.05) is 28.7 Å². The molecule has 0 radical (unpaired) electrons. The van der Waals surface area contributed by atoms with E-state index in [0.29, 0.717) is 12.1 Å². The Morgan fingerprint density at radius 2 is 2.22 bits per heavy atom. The third kappa shape index (κ3) is 2.40. The molecule has 3 nitrogen and oxygen atoms in total. The highest BCUT2D eigenvalue weighted by molar-refractivity contribution is 7.09. The van der Waals surface area contributed by atoms with E-state index < -0.39 is 0 Å². The normalized spacial score (nSPS) is 22.6. The minimum absolute atomic E-state index is 0.381. The summed E-state index contributed by atoms with van der Waals surface area (Å²) in [5, 5.41) is 6.73. The van der Waals surface area contributed by atoms with E-state index in [9.17, 15) is 0 Å². The molecule has 0 amide bonds. The Hall–Kier alpha value is -1.39. The van der Waals surface area contributed by atoms with Crippen LogP contribution in [0.2, 0.25) is 0 Å². The van der Waals surface area contributed by atoms with Crippen molar-refractivity contribution < 1.29 is 0 Å². The molecule has 1 fully saturated rings. The fraction of sp³-hybridized carbons (Fsp3) is 0.357. The van der Waals surface area contributed by atoms with E-state index in [0.717, 1.165) is 29.2 Å². The summed E-state index contributed by atoms with van der Waals surface area (Å²) >= 11 is 1.69. The summed E-state index contributed by atoms with van der Waals surface area (Å²) in [6.07, 6.45) is 2.14. The van der Waals surface area contributed by atoms with Gasteiger partial charge in [-0.25, -0.2) is 4.98 Å². The largest absolute Gasteiger partial charge is 0.382 e. The molecule has 1 aliphatic rings. The van der Waals surface area contributed by atoms with Gasteiger partial charge in [0.1, 0.15) is 0 Å². The van der Waals surface area contributed by atoms with E-state index >= 15 is 0 Å². The van der Waals surface area contributed by atoms with Crippen LogP contribution in [0.15, 0.2) is 29.6 Å². The van der Waals surface area contributed by atoms with Crippen LogP contribution in [0.1, 0.15) is 17.8 Å². The van der Waals surface area contributed by atoms with Gasteiger partial charge in [-0.3, -0.25) is 0 Å². The topological polar surface area (TPSA) is 50.9 Å². The maximum absolute atomic E-state index is 5.80. The van der Waals surface area contributed by atoms with Crippen molar-refractivity contribution >= 4 is 17.0 Å². The Kier molecular flexibility index (Phi) is 3.06. The molecule has 1 aromatic heterocycles. The van der Waals surface area contributed by atoms with Gasteiger partial charge in [0.05, 0.1) is 10.7 Å². The van der Waals surface area contributed by atoms with Gasteiger partial charge >= 0.3 is 0 Å². The van der Waals surface area contributed by atoms with Gasteiger partial charge in [0.15, 0.2) is 0 Å². The van der Waals surface area contributed by atoms with Crippen LogP contribution >= 0.6 is 11.3 Å². The molecule has 18 heavy (non-hydrogen) atoms. The van der Waals surface area contributed by atoms with Crippen molar-refractivity contribution in [2.45, 2.75) is 31.8 Å². The molecule has 1 saturated carbocycles. The van der Waals surface area contributed by atoms with E-state index in [1.165, 1.54) is 5.56 Å². The highest BCUT2D eigenvalue weighted by Crippen LogP contribution is 2.27. The first-order valence-electron chi connectivity index (χ1n) is 6.25. The SMILES string of the molecule is Cc1nc(-c2cccc(NC3CC(N)C3)c2)cs1. The zero-order chi connectivity index (χ0) is 12.5. The first-order valence-corrected chi connectivity index (χ1v) is 7.13. The lowest BCUT2D eigenvalue weighted by atomic mass is 9.87. The van der Waals surface area contributed by atoms with Gasteiger partial charge in [0.25, 0.3) is 0 Å². The highest BCUT2D eigenvalue weighted by Gasteiger charge is 2.25. The average Bonchev–Trinajstić information content (AvgIpc) is 2.74. The van der Waals surface area contributed by atoms with Crippen molar-refractivity contribution in [3.8, 4) is 11.3 Å². The number of thiazole rings is 1. The molecule has 4 heteroatoms. The van der Waals surface area contributed by atoms with E-state index in [1.807, 2.05) is 6.92 Å². The van der Waals surface area contributed by atoms with Crippen LogP contribution in [0.3, 0.4) is 0 Å². The minimum Gasteiger partial charge on any atom is -0.382 e. The van der Waals surface area contributed by atoms with Crippen molar-refractivity contribution in [1.82, 2.24) is 4.98 Å². The number of anilines is 1. The number of nitrogens with zero attached hydrogens (tertiary/aromatic N) is 1. The van der Waals surface area contributed by atoms with E-state index in [4.69, 9.17) is 5.73 Å². The van der Waals surface area contributed by atoms with Crippen LogP contribution in [0.25, 0.3) is 11.3 Å². The molecule has 0 aliphatic heterocycles. The summed E-state index contributed by atoms with van der Waals surface area (Å²) in [4.78, 5) is 4.52. The Morgan fingerprint density at radius 3 is 2.89 bits per heavy atom. The Balaban J connectivity index is 1.76. The van der Waals surface area contributed by atoms with Crippen molar-refractivity contribution in [3.63, 3.8) is 0 Å². The van der Waals surface area contributed by atoms with Gasteiger partial charge in [-0.2, -0.15) is 0 Å². The Labute approximate surface area is 111 Å². The second-order valence-corrected chi connectivity index (χ2v) is 5.97. The maximum atomic E-state index is 5.80. The highest BCUT2D eigenvalue weighted by atomic mass is 32.1. The first kappa shape index (κ1) is 11.7. The van der Waals surface area contributed by atoms with Crippen LogP contribution in [-0.2, 0) is 0 Å². The monoisotopic (exact) mass is 259 g/mol. The first-order chi connectivity index (χ1) is 8.70. The quantitative estimate of drug-likeness (QED) is 0.891. The molecule has 0 spiro atoms. The molecule has 1 heterocycles. The Bertz CT molecular complexity index is 543. The lowest BCUT2D eigenvalue weighted by Gasteiger charge is -2.33. The molecule has 0 atom stereocenters. The van der Waals surface area contributed by atoms with Crippen LogP contribution in [0.5, 0.6) is 0 Å². The molecule has 1 aliphatic carbocycles. The number of aromatic nitrogens is 1. The van der Waals surface area contributed by atoms with Crippen LogP contribution < -0.4 is 11.1 Å². The van der Waals surface area contributed by atoms with E-state index in [2.05, 4.69) is 39.9 Å². The number of benzene rings is 1. The summed E-state index contributed by atoms with van der Waals surface area (Å²) in [5.41, 5.74) is 9.20. The zero-order valence-corrected chi connectivity index (χ0v) is 11.2. The third-order valence-electron chi connectivity index (χ3n) is 3.32. The maximum Gasteiger partial charge on any atom is 0.0901 e. The van der Waals surface area contributed by atoms with Gasteiger partial charge in [-0.1, -0.05) is 12.1 Å². The van der Waals surface area contributed by atoms with Crippen LogP contribution in [-0.4, -0.2) is 17.1 Å². The lowest BCUT2D eigenvalue weighted by Crippen LogP contribution is -2.44. The molecule has 0 unspecified atom stereocenters. The van der Waals surface area contributed by atoms with E-state index in [-0.39, 0.29) is 0 Å². The van der Waals surface area contributed by atoms with Gasteiger partial charge in [0.2, 0.25) is 0 Å². The molecular weight excluding hydrogens is 242 g/mol. The number of nitrogens with two attached hydrogens (primary N) is 1. The van der Waals surface area contributed by atoms with Gasteiger partial charge in [-0.15, -0.1) is 11.3 Å². The molecule has 0 bridgehead atoms. The molecule has 3 rings (SSSR count). The predicted molar refractivity (Wildman–Crippen MR) is 76.9 cm³/mol. The van der Waals surface area contributed by atoms with Crippen LogP contribution in [0.4, 0.5) is 5.69 Å². The average molecular weight is 259 g/mol. The van der Waals surface area contributed by atoms with Crippen molar-refractivity contribution in [3.05, 3.63) is 34.7 Å². The number of hydrogen-bond donors (Lipinski definition) is 2. The summed E-state index contributed by atoms with van der Waals surface area (Å²) in [6.45, 7) is 2.03. The second kappa shape index (κ2) is 4.71. The fourth-order valence-corrected chi connectivity index (χ4v) is 2.90. The number of hydrogen-bond acceptors (Lipinski definition) is 4. The number of aryl methyl sites for hydroxylation is 1. The minimum atomic E-state index is 0.381. The van der Waals surface area contributed by atoms with Crippen molar-refractivity contribution in [2.75, 3.05) is 5.32 Å². The smallest absolute Gasteiger partial charge is 0.0901 e. The third-order valence-corrected chi connectivity index (χ3v) is 4.10. The summed E-state index contributed by atoms with van der Waals surface area (Å²) in [7, 11) is 0. The summed E-state index contributed by atoms with van der Waals surface area (Å²) in [6, 6.07) is 9.36. The molecular formula is C14H17N3S. The van der Waals surface area contributed by atoms with Crippen molar-refractivity contribution in [1.29, 1.82) is 0 Å². The van der Waals surface area contributed by atoms with Crippen LogP contribution in [0, 0.1) is 6.92 Å². The molecule has 0 saturated heterocycles.